The predicted molar refractivity (Wildman–Crippen MR) is 76.9 cm³/mol. The molecule has 2 heterocycles. The molecule has 1 amide bonds. The number of amides is 1. The van der Waals surface area contributed by atoms with E-state index in [9.17, 15) is 14.3 Å². The maximum atomic E-state index is 12.8. The molecule has 1 aliphatic carbocycles. The molecule has 2 bridgehead atoms. The Kier molecular flexibility index (Phi) is 4.03. The molecule has 0 unspecified atom stereocenters. The van der Waals surface area contributed by atoms with E-state index in [1.807, 2.05) is 0 Å². The summed E-state index contributed by atoms with van der Waals surface area (Å²) >= 11 is 0. The molecular formula is C16H19FN2O2. The summed E-state index contributed by atoms with van der Waals surface area (Å²) in [7, 11) is 0. The Bertz CT molecular complexity index is 544. The second-order valence-electron chi connectivity index (χ2n) is 5.73. The Balaban J connectivity index is 1.54. The van der Waals surface area contributed by atoms with Crippen LogP contribution in [-0.2, 0) is 4.79 Å². The first-order valence-corrected chi connectivity index (χ1v) is 7.26. The minimum absolute atomic E-state index is 0.0392. The van der Waals surface area contributed by atoms with Crippen molar-refractivity contribution >= 4 is 5.91 Å². The van der Waals surface area contributed by atoms with Crippen molar-refractivity contribution in [2.75, 3.05) is 13.1 Å². The van der Waals surface area contributed by atoms with Crippen molar-refractivity contribution in [3.8, 4) is 0 Å². The van der Waals surface area contributed by atoms with Gasteiger partial charge in [-0.25, -0.2) is 4.39 Å². The van der Waals surface area contributed by atoms with Gasteiger partial charge in [0.2, 0.25) is 5.91 Å². The fourth-order valence-corrected chi connectivity index (χ4v) is 3.01. The zero-order chi connectivity index (χ0) is 14.8. The number of aliphatic hydroxyl groups excluding tert-OH is 1. The third-order valence-corrected chi connectivity index (χ3v) is 4.26. The van der Waals surface area contributed by atoms with Gasteiger partial charge >= 0.3 is 0 Å². The fraction of sp³-hybridized carbons (Fsp3) is 0.438. The SMILES string of the molecule is O=C(NC[C@@H](O)c1ccc(F)cc1)[C@H]1C[C@H]2C=C[C@H]1NC2. The van der Waals surface area contributed by atoms with Crippen molar-refractivity contribution in [3.05, 3.63) is 47.8 Å². The van der Waals surface area contributed by atoms with Crippen LogP contribution < -0.4 is 10.6 Å². The molecule has 21 heavy (non-hydrogen) atoms. The summed E-state index contributed by atoms with van der Waals surface area (Å²) in [5, 5.41) is 16.1. The number of aliphatic hydroxyl groups is 1. The number of hydrogen-bond donors (Lipinski definition) is 3. The Hall–Kier alpha value is -1.72. The maximum absolute atomic E-state index is 12.8. The van der Waals surface area contributed by atoms with Gasteiger partial charge in [-0.1, -0.05) is 24.3 Å². The van der Waals surface area contributed by atoms with Gasteiger partial charge < -0.3 is 15.7 Å². The van der Waals surface area contributed by atoms with E-state index in [1.54, 1.807) is 0 Å². The molecule has 2 aliphatic heterocycles. The number of benzene rings is 1. The zero-order valence-electron chi connectivity index (χ0n) is 11.6. The van der Waals surface area contributed by atoms with Gasteiger partial charge in [-0.2, -0.15) is 0 Å². The van der Waals surface area contributed by atoms with Crippen molar-refractivity contribution in [1.29, 1.82) is 0 Å². The third kappa shape index (κ3) is 3.14. The Morgan fingerprint density at radius 2 is 2.14 bits per heavy atom. The normalized spacial score (nSPS) is 28.4. The van der Waals surface area contributed by atoms with Crippen molar-refractivity contribution in [2.45, 2.75) is 18.6 Å². The van der Waals surface area contributed by atoms with E-state index in [-0.39, 0.29) is 30.2 Å². The quantitative estimate of drug-likeness (QED) is 0.729. The summed E-state index contributed by atoms with van der Waals surface area (Å²) in [5.74, 6) is -0.0317. The molecule has 0 radical (unpaired) electrons. The summed E-state index contributed by atoms with van der Waals surface area (Å²) in [6.07, 6.45) is 4.25. The van der Waals surface area contributed by atoms with Crippen LogP contribution in [0.5, 0.6) is 0 Å². The van der Waals surface area contributed by atoms with Crippen LogP contribution in [0.1, 0.15) is 18.1 Å². The Labute approximate surface area is 123 Å². The van der Waals surface area contributed by atoms with Crippen LogP contribution in [0.4, 0.5) is 4.39 Å². The van der Waals surface area contributed by atoms with Crippen molar-refractivity contribution in [2.24, 2.45) is 11.8 Å². The molecule has 5 heteroatoms. The first kappa shape index (κ1) is 14.2. The molecule has 1 fully saturated rings. The number of piperidine rings is 1. The summed E-state index contributed by atoms with van der Waals surface area (Å²) in [6.45, 7) is 1.07. The lowest BCUT2D eigenvalue weighted by atomic mass is 9.78. The molecule has 1 saturated heterocycles. The summed E-state index contributed by atoms with van der Waals surface area (Å²) in [4.78, 5) is 12.2. The summed E-state index contributed by atoms with van der Waals surface area (Å²) in [6, 6.07) is 5.75. The molecule has 3 aliphatic rings. The highest BCUT2D eigenvalue weighted by molar-refractivity contribution is 5.80. The highest BCUT2D eigenvalue weighted by Gasteiger charge is 2.36. The average Bonchev–Trinajstić information content (AvgIpc) is 2.54. The number of fused-ring (bicyclic) bond motifs is 2. The predicted octanol–water partition coefficient (Wildman–Crippen LogP) is 1.14. The van der Waals surface area contributed by atoms with Crippen LogP contribution in [0, 0.1) is 17.7 Å². The van der Waals surface area contributed by atoms with E-state index in [0.717, 1.165) is 13.0 Å². The van der Waals surface area contributed by atoms with Gasteiger partial charge in [0, 0.05) is 19.1 Å². The van der Waals surface area contributed by atoms with Gasteiger partial charge in [0.25, 0.3) is 0 Å². The highest BCUT2D eigenvalue weighted by atomic mass is 19.1. The fourth-order valence-electron chi connectivity index (χ4n) is 3.01. The molecule has 1 aromatic rings. The minimum Gasteiger partial charge on any atom is -0.387 e. The standard InChI is InChI=1S/C16H19FN2O2/c17-12-4-2-11(3-5-12)15(20)9-19-16(21)13-7-10-1-6-14(13)18-8-10/h1-6,10,13-15,18,20H,7-9H2,(H,19,21)/t10-,13+,14-,15-/m1/s1. The molecule has 4 nitrogen and oxygen atoms in total. The first-order chi connectivity index (χ1) is 10.1. The van der Waals surface area contributed by atoms with E-state index in [1.165, 1.54) is 24.3 Å². The first-order valence-electron chi connectivity index (χ1n) is 7.26. The van der Waals surface area contributed by atoms with Crippen LogP contribution >= 0.6 is 0 Å². The molecular weight excluding hydrogens is 271 g/mol. The lowest BCUT2D eigenvalue weighted by Gasteiger charge is -2.38. The lowest BCUT2D eigenvalue weighted by Crippen LogP contribution is -2.52. The monoisotopic (exact) mass is 290 g/mol. The largest absolute Gasteiger partial charge is 0.387 e. The molecule has 0 saturated carbocycles. The van der Waals surface area contributed by atoms with Crippen LogP contribution in [0.2, 0.25) is 0 Å². The van der Waals surface area contributed by atoms with E-state index >= 15 is 0 Å². The number of carbonyl (C=O) groups excluding carboxylic acids is 1. The number of nitrogens with one attached hydrogen (secondary N) is 2. The number of carbonyl (C=O) groups is 1. The van der Waals surface area contributed by atoms with Crippen molar-refractivity contribution in [3.63, 3.8) is 0 Å². The number of rotatable bonds is 4. The topological polar surface area (TPSA) is 61.4 Å². The van der Waals surface area contributed by atoms with Crippen molar-refractivity contribution in [1.82, 2.24) is 10.6 Å². The van der Waals surface area contributed by atoms with Gasteiger partial charge in [-0.3, -0.25) is 4.79 Å². The van der Waals surface area contributed by atoms with Gasteiger partial charge in [-0.05, 0) is 30.0 Å². The second-order valence-corrected chi connectivity index (χ2v) is 5.73. The van der Waals surface area contributed by atoms with Gasteiger partial charge in [0.1, 0.15) is 5.82 Å². The molecule has 4 atom stereocenters. The molecule has 3 N–H and O–H groups in total. The smallest absolute Gasteiger partial charge is 0.225 e. The zero-order valence-corrected chi connectivity index (χ0v) is 11.6. The van der Waals surface area contributed by atoms with Gasteiger partial charge in [0.05, 0.1) is 12.0 Å². The van der Waals surface area contributed by atoms with Crippen LogP contribution in [-0.4, -0.2) is 30.1 Å². The van der Waals surface area contributed by atoms with E-state index < -0.39 is 6.10 Å². The summed E-state index contributed by atoms with van der Waals surface area (Å²) in [5.41, 5.74) is 0.597. The van der Waals surface area contributed by atoms with E-state index in [4.69, 9.17) is 0 Å². The lowest BCUT2D eigenvalue weighted by molar-refractivity contribution is -0.127. The summed E-state index contributed by atoms with van der Waals surface area (Å²) < 4.78 is 12.8. The highest BCUT2D eigenvalue weighted by Crippen LogP contribution is 2.28. The van der Waals surface area contributed by atoms with Gasteiger partial charge in [0.15, 0.2) is 0 Å². The minimum atomic E-state index is -0.821. The van der Waals surface area contributed by atoms with Gasteiger partial charge in [-0.15, -0.1) is 0 Å². The van der Waals surface area contributed by atoms with E-state index in [0.29, 0.717) is 11.5 Å². The Morgan fingerprint density at radius 1 is 1.38 bits per heavy atom. The molecule has 112 valence electrons. The van der Waals surface area contributed by atoms with Crippen LogP contribution in [0.15, 0.2) is 36.4 Å². The number of hydrogen-bond acceptors (Lipinski definition) is 3. The Morgan fingerprint density at radius 3 is 2.71 bits per heavy atom. The molecule has 0 spiro atoms. The van der Waals surface area contributed by atoms with Crippen LogP contribution in [0.25, 0.3) is 0 Å². The van der Waals surface area contributed by atoms with Crippen molar-refractivity contribution < 1.29 is 14.3 Å². The average molecular weight is 290 g/mol. The van der Waals surface area contributed by atoms with E-state index in [2.05, 4.69) is 22.8 Å². The third-order valence-electron chi connectivity index (χ3n) is 4.26. The molecule has 0 aromatic heterocycles. The second kappa shape index (κ2) is 5.95. The molecule has 1 aromatic carbocycles. The number of halogens is 1. The van der Waals surface area contributed by atoms with Crippen LogP contribution in [0.3, 0.4) is 0 Å². The maximum Gasteiger partial charge on any atom is 0.225 e. The molecule has 4 rings (SSSR count).